The third-order valence-electron chi connectivity index (χ3n) is 1.67. The van der Waals surface area contributed by atoms with E-state index in [1.807, 2.05) is 24.7 Å². The minimum atomic E-state index is -0.739. The zero-order valence-corrected chi connectivity index (χ0v) is 9.02. The molecule has 1 N–H and O–H groups in total. The molecule has 1 heterocycles. The van der Waals surface area contributed by atoms with Crippen LogP contribution in [0.2, 0.25) is 0 Å². The quantitative estimate of drug-likeness (QED) is 0.772. The molecule has 1 aromatic rings. The van der Waals surface area contributed by atoms with Crippen LogP contribution in [0.4, 0.5) is 5.95 Å². The summed E-state index contributed by atoms with van der Waals surface area (Å²) in [5, 5.41) is 3.12. The molecule has 1 atom stereocenters. The number of aryl methyl sites for hydroxylation is 2. The monoisotopic (exact) mass is 201 g/mol. The zero-order valence-electron chi connectivity index (χ0n) is 8.20. The normalized spacial score (nSPS) is 12.8. The maximum absolute atomic E-state index is 10.8. The van der Waals surface area contributed by atoms with E-state index in [0.717, 1.165) is 11.6 Å². The van der Waals surface area contributed by atoms with Gasteiger partial charge in [-0.3, -0.25) is 4.21 Å². The van der Waals surface area contributed by atoms with E-state index in [0.29, 0.717) is 12.3 Å². The number of hydrogen-bond donors (Lipinski definition) is 1. The highest BCUT2D eigenvalue weighted by Crippen LogP contribution is 2.04. The first-order valence-electron chi connectivity index (χ1n) is 4.13. The molecule has 0 aliphatic heterocycles. The lowest BCUT2D eigenvalue weighted by molar-refractivity contribution is 0.686. The van der Waals surface area contributed by atoms with Crippen LogP contribution in [-0.4, -0.2) is 32.3 Å². The second-order valence-corrected chi connectivity index (χ2v) is 4.58. The zero-order chi connectivity index (χ0) is 9.84. The Morgan fingerprint density at radius 1 is 1.69 bits per heavy atom. The number of aromatic nitrogens is 2. The van der Waals surface area contributed by atoms with Crippen molar-refractivity contribution in [3.8, 4) is 0 Å². The number of rotatable bonds is 4. The molecule has 1 aromatic heterocycles. The van der Waals surface area contributed by atoms with E-state index < -0.39 is 10.8 Å². The van der Waals surface area contributed by atoms with Crippen LogP contribution in [0.25, 0.3) is 0 Å². The molecule has 0 spiro atoms. The molecule has 0 amide bonds. The third kappa shape index (κ3) is 3.18. The molecule has 0 fully saturated rings. The van der Waals surface area contributed by atoms with Crippen molar-refractivity contribution in [1.82, 2.24) is 9.55 Å². The van der Waals surface area contributed by atoms with Crippen LogP contribution in [0, 0.1) is 6.92 Å². The van der Waals surface area contributed by atoms with Gasteiger partial charge >= 0.3 is 0 Å². The van der Waals surface area contributed by atoms with Crippen molar-refractivity contribution >= 4 is 16.7 Å². The van der Waals surface area contributed by atoms with Crippen molar-refractivity contribution in [3.63, 3.8) is 0 Å². The fourth-order valence-electron chi connectivity index (χ4n) is 1.09. The fourth-order valence-corrected chi connectivity index (χ4v) is 1.48. The number of nitrogens with zero attached hydrogens (tertiary/aromatic N) is 2. The molecule has 0 bridgehead atoms. The summed E-state index contributed by atoms with van der Waals surface area (Å²) >= 11 is 0. The van der Waals surface area contributed by atoms with Crippen molar-refractivity contribution in [1.29, 1.82) is 0 Å². The third-order valence-corrected chi connectivity index (χ3v) is 2.45. The molecule has 0 radical (unpaired) electrons. The molecule has 4 nitrogen and oxygen atoms in total. The van der Waals surface area contributed by atoms with E-state index in [-0.39, 0.29) is 0 Å². The highest BCUT2D eigenvalue weighted by Gasteiger charge is 2.00. The van der Waals surface area contributed by atoms with Crippen LogP contribution in [0.1, 0.15) is 5.69 Å². The van der Waals surface area contributed by atoms with Crippen LogP contribution in [0.5, 0.6) is 0 Å². The van der Waals surface area contributed by atoms with E-state index in [4.69, 9.17) is 0 Å². The van der Waals surface area contributed by atoms with E-state index in [2.05, 4.69) is 10.3 Å². The van der Waals surface area contributed by atoms with Crippen molar-refractivity contribution in [2.75, 3.05) is 23.9 Å². The van der Waals surface area contributed by atoms with Gasteiger partial charge in [0.25, 0.3) is 0 Å². The summed E-state index contributed by atoms with van der Waals surface area (Å²) in [5.74, 6) is 1.49. The van der Waals surface area contributed by atoms with Crippen molar-refractivity contribution in [2.45, 2.75) is 6.92 Å². The molecule has 1 unspecified atom stereocenters. The highest BCUT2D eigenvalue weighted by atomic mass is 32.2. The van der Waals surface area contributed by atoms with Gasteiger partial charge in [0, 0.05) is 42.6 Å². The van der Waals surface area contributed by atoms with Gasteiger partial charge in [0.2, 0.25) is 5.95 Å². The highest BCUT2D eigenvalue weighted by molar-refractivity contribution is 7.84. The maximum Gasteiger partial charge on any atom is 0.202 e. The molecule has 0 saturated heterocycles. The first-order chi connectivity index (χ1) is 6.09. The smallest absolute Gasteiger partial charge is 0.202 e. The van der Waals surface area contributed by atoms with Crippen LogP contribution in [0.15, 0.2) is 6.20 Å². The summed E-state index contributed by atoms with van der Waals surface area (Å²) in [6.45, 7) is 2.65. The summed E-state index contributed by atoms with van der Waals surface area (Å²) in [7, 11) is 1.20. The van der Waals surface area contributed by atoms with E-state index in [1.165, 1.54) is 0 Å². The van der Waals surface area contributed by atoms with Gasteiger partial charge in [-0.05, 0) is 6.92 Å². The Balaban J connectivity index is 2.45. The van der Waals surface area contributed by atoms with Gasteiger partial charge in [0.15, 0.2) is 0 Å². The van der Waals surface area contributed by atoms with Crippen LogP contribution < -0.4 is 5.32 Å². The Bertz CT molecular complexity index is 308. The van der Waals surface area contributed by atoms with Crippen molar-refractivity contribution < 1.29 is 4.21 Å². The molecule has 0 saturated carbocycles. The summed E-state index contributed by atoms with van der Waals surface area (Å²) in [6, 6.07) is 0. The first-order valence-corrected chi connectivity index (χ1v) is 5.86. The largest absolute Gasteiger partial charge is 0.355 e. The number of hydrogen-bond acceptors (Lipinski definition) is 3. The SMILES string of the molecule is Cc1cn(C)c(NCCS(C)=O)n1. The van der Waals surface area contributed by atoms with E-state index in [1.54, 1.807) is 6.26 Å². The van der Waals surface area contributed by atoms with Crippen molar-refractivity contribution in [3.05, 3.63) is 11.9 Å². The van der Waals surface area contributed by atoms with Crippen molar-refractivity contribution in [2.24, 2.45) is 7.05 Å². The van der Waals surface area contributed by atoms with Gasteiger partial charge in [-0.15, -0.1) is 0 Å². The van der Waals surface area contributed by atoms with Gasteiger partial charge < -0.3 is 9.88 Å². The van der Waals surface area contributed by atoms with Crippen LogP contribution >= 0.6 is 0 Å². The summed E-state index contributed by atoms with van der Waals surface area (Å²) in [5.41, 5.74) is 0.989. The fraction of sp³-hybridized carbons (Fsp3) is 0.625. The molecule has 0 aliphatic rings. The molecule has 1 rings (SSSR count). The second-order valence-electron chi connectivity index (χ2n) is 3.02. The molecule has 0 aromatic carbocycles. The Hall–Kier alpha value is -0.840. The molecule has 13 heavy (non-hydrogen) atoms. The number of nitrogens with one attached hydrogen (secondary N) is 1. The van der Waals surface area contributed by atoms with Gasteiger partial charge in [-0.1, -0.05) is 0 Å². The molecule has 5 heteroatoms. The summed E-state index contributed by atoms with van der Waals surface area (Å²) in [4.78, 5) is 4.26. The summed E-state index contributed by atoms with van der Waals surface area (Å²) < 4.78 is 12.7. The molecular formula is C8H15N3OS. The summed E-state index contributed by atoms with van der Waals surface area (Å²) in [6.07, 6.45) is 3.65. The molecule has 0 aliphatic carbocycles. The van der Waals surface area contributed by atoms with Crippen LogP contribution in [0.3, 0.4) is 0 Å². The van der Waals surface area contributed by atoms with E-state index in [9.17, 15) is 4.21 Å². The van der Waals surface area contributed by atoms with Gasteiger partial charge in [-0.25, -0.2) is 4.98 Å². The van der Waals surface area contributed by atoms with Gasteiger partial charge in [-0.2, -0.15) is 0 Å². The Kier molecular flexibility index (Phi) is 3.48. The lowest BCUT2D eigenvalue weighted by Gasteiger charge is -2.03. The van der Waals surface area contributed by atoms with Gasteiger partial charge in [0.05, 0.1) is 5.69 Å². The van der Waals surface area contributed by atoms with Gasteiger partial charge in [0.1, 0.15) is 0 Å². The predicted octanol–water partition coefficient (Wildman–Crippen LogP) is 0.519. The lowest BCUT2D eigenvalue weighted by Crippen LogP contribution is -2.12. The average Bonchev–Trinajstić information content (AvgIpc) is 2.29. The lowest BCUT2D eigenvalue weighted by atomic mass is 10.6. The Labute approximate surface area is 80.8 Å². The number of anilines is 1. The second kappa shape index (κ2) is 4.41. The molecular weight excluding hydrogens is 186 g/mol. The first kappa shape index (κ1) is 10.2. The Morgan fingerprint density at radius 3 is 2.85 bits per heavy atom. The minimum absolute atomic E-state index is 0.659. The standard InChI is InChI=1S/C8H15N3OS/c1-7-6-11(2)8(10-7)9-4-5-13(3)12/h6H,4-5H2,1-3H3,(H,9,10). The Morgan fingerprint density at radius 2 is 2.38 bits per heavy atom. The van der Waals surface area contributed by atoms with Crippen LogP contribution in [-0.2, 0) is 17.8 Å². The van der Waals surface area contributed by atoms with E-state index >= 15 is 0 Å². The average molecular weight is 201 g/mol. The number of imidazole rings is 1. The molecule has 74 valence electrons. The maximum atomic E-state index is 10.8. The predicted molar refractivity (Wildman–Crippen MR) is 55.4 cm³/mol. The minimum Gasteiger partial charge on any atom is -0.355 e. The topological polar surface area (TPSA) is 46.9 Å².